The van der Waals surface area contributed by atoms with Crippen molar-refractivity contribution in [2.24, 2.45) is 0 Å². The molecule has 2 saturated carbocycles. The largest absolute Gasteiger partial charge is 0.490 e. The number of aliphatic hydroxyl groups is 5. The molecule has 2 heterocycles. The number of aliphatic hydroxyl groups excluding tert-OH is 5. The molecule has 3 aromatic rings. The standard InChI is InChI=1S/C38H48ClN3O9S/c39-31-10-9-27(52-18-4-3-16-42(25-12-17-49-50-23-25)37(48)36(47)35(46)34(45)32(44)22-43)19-24(31)20-41-38(13-14-38)30-21-40-15-11-28(30)29-5-1-2-6-33(29)51-26-7-8-26/h1-2,5-6,9-11,15,19,21,25-26,32,34-36,41,43-47H,3-4,7-8,12-14,16-18,20,22-23H2/t25?,32-,34+,35-,36-/m0/s1. The van der Waals surface area contributed by atoms with Gasteiger partial charge in [-0.05, 0) is 97.7 Å². The van der Waals surface area contributed by atoms with Crippen LogP contribution in [0.4, 0.5) is 0 Å². The zero-order valence-electron chi connectivity index (χ0n) is 29.0. The summed E-state index contributed by atoms with van der Waals surface area (Å²) in [4.78, 5) is 30.3. The number of nitrogens with one attached hydrogen (secondary N) is 1. The molecule has 1 aliphatic heterocycles. The number of benzene rings is 2. The summed E-state index contributed by atoms with van der Waals surface area (Å²) in [6, 6.07) is 15.9. The van der Waals surface area contributed by atoms with Gasteiger partial charge in [0, 0.05) is 46.5 Å². The predicted octanol–water partition coefficient (Wildman–Crippen LogP) is 3.58. The highest BCUT2D eigenvalue weighted by Crippen LogP contribution is 2.50. The van der Waals surface area contributed by atoms with E-state index < -0.39 is 43.0 Å². The molecule has 1 saturated heterocycles. The first-order chi connectivity index (χ1) is 25.2. The second-order valence-electron chi connectivity index (χ2n) is 13.7. The Morgan fingerprint density at radius 2 is 1.85 bits per heavy atom. The second kappa shape index (κ2) is 18.0. The van der Waals surface area contributed by atoms with Crippen LogP contribution in [-0.2, 0) is 26.7 Å². The van der Waals surface area contributed by atoms with Crippen LogP contribution in [0.3, 0.4) is 0 Å². The van der Waals surface area contributed by atoms with Crippen molar-refractivity contribution in [3.8, 4) is 16.9 Å². The van der Waals surface area contributed by atoms with Crippen LogP contribution in [0.2, 0.25) is 5.02 Å². The van der Waals surface area contributed by atoms with E-state index in [2.05, 4.69) is 28.5 Å². The number of aromatic nitrogens is 1. The molecular weight excluding hydrogens is 710 g/mol. The van der Waals surface area contributed by atoms with Crippen LogP contribution in [-0.4, -0.2) is 110 Å². The number of carbonyl (C=O) groups is 1. The zero-order valence-corrected chi connectivity index (χ0v) is 30.6. The smallest absolute Gasteiger partial charge is 0.254 e. The maximum Gasteiger partial charge on any atom is 0.254 e. The molecule has 6 N–H and O–H groups in total. The van der Waals surface area contributed by atoms with E-state index in [4.69, 9.17) is 31.2 Å². The molecular formula is C38H48ClN3O9S. The molecule has 14 heteroatoms. The molecule has 1 amide bonds. The topological polar surface area (TPSA) is 174 Å². The second-order valence-corrected chi connectivity index (χ2v) is 15.3. The summed E-state index contributed by atoms with van der Waals surface area (Å²) in [5, 5.41) is 54.2. The fourth-order valence-electron chi connectivity index (χ4n) is 6.46. The first-order valence-corrected chi connectivity index (χ1v) is 19.3. The number of pyridine rings is 1. The highest BCUT2D eigenvalue weighted by Gasteiger charge is 2.46. The van der Waals surface area contributed by atoms with Gasteiger partial charge >= 0.3 is 0 Å². The van der Waals surface area contributed by atoms with Crippen molar-refractivity contribution in [3.63, 3.8) is 0 Å². The maximum absolute atomic E-state index is 13.3. The van der Waals surface area contributed by atoms with Gasteiger partial charge in [-0.25, -0.2) is 9.78 Å². The maximum atomic E-state index is 13.3. The number of hydrogen-bond donors (Lipinski definition) is 6. The van der Waals surface area contributed by atoms with E-state index in [1.54, 1.807) is 11.8 Å². The SMILES string of the molecule is O=C([C@@H](O)[C@@H](O)[C@H](O)[C@@H](O)CO)N(CCCCSc1ccc(Cl)c(CNC2(c3cnccc3-c3ccccc3OC3CC3)CC2)c1)C1CCOOC1. The summed E-state index contributed by atoms with van der Waals surface area (Å²) < 4.78 is 6.26. The fourth-order valence-corrected chi connectivity index (χ4v) is 7.62. The number of amides is 1. The molecule has 0 bridgehead atoms. The number of hydrogen-bond acceptors (Lipinski definition) is 12. The fraction of sp³-hybridized carbons (Fsp3) is 0.526. The third-order valence-electron chi connectivity index (χ3n) is 9.89. The molecule has 2 aromatic carbocycles. The molecule has 5 atom stereocenters. The number of thioether (sulfide) groups is 1. The highest BCUT2D eigenvalue weighted by atomic mass is 35.5. The van der Waals surface area contributed by atoms with E-state index >= 15 is 0 Å². The first-order valence-electron chi connectivity index (χ1n) is 18.0. The van der Waals surface area contributed by atoms with Crippen LogP contribution in [0, 0.1) is 0 Å². The molecule has 0 radical (unpaired) electrons. The van der Waals surface area contributed by atoms with Crippen LogP contribution in [0.1, 0.15) is 56.1 Å². The van der Waals surface area contributed by atoms with Crippen molar-refractivity contribution in [1.29, 1.82) is 0 Å². The third kappa shape index (κ3) is 9.64. The van der Waals surface area contributed by atoms with E-state index in [0.717, 1.165) is 70.8 Å². The number of carbonyl (C=O) groups excluding carboxylic acids is 1. The first kappa shape index (κ1) is 38.9. The normalized spacial score (nSPS) is 20.5. The Labute approximate surface area is 313 Å². The van der Waals surface area contributed by atoms with Crippen molar-refractivity contribution < 1.29 is 44.8 Å². The number of unbranched alkanes of at least 4 members (excludes halogenated alkanes) is 1. The molecule has 0 spiro atoms. The lowest BCUT2D eigenvalue weighted by Crippen LogP contribution is -2.56. The Bertz CT molecular complexity index is 1640. The molecule has 3 aliphatic rings. The minimum Gasteiger partial charge on any atom is -0.490 e. The lowest BCUT2D eigenvalue weighted by Gasteiger charge is -2.36. The zero-order chi connectivity index (χ0) is 36.7. The van der Waals surface area contributed by atoms with E-state index in [1.165, 1.54) is 4.90 Å². The van der Waals surface area contributed by atoms with E-state index in [0.29, 0.717) is 30.5 Å². The van der Waals surface area contributed by atoms with E-state index in [1.807, 2.05) is 42.7 Å². The minimum atomic E-state index is -1.99. The molecule has 12 nitrogen and oxygen atoms in total. The number of ether oxygens (including phenoxy) is 1. The van der Waals surface area contributed by atoms with E-state index in [-0.39, 0.29) is 25.3 Å². The Balaban J connectivity index is 1.04. The van der Waals surface area contributed by atoms with Gasteiger partial charge in [0.25, 0.3) is 5.91 Å². The summed E-state index contributed by atoms with van der Waals surface area (Å²) >= 11 is 8.38. The van der Waals surface area contributed by atoms with E-state index in [9.17, 15) is 25.2 Å². The van der Waals surface area contributed by atoms with Crippen LogP contribution >= 0.6 is 23.4 Å². The van der Waals surface area contributed by atoms with Crippen LogP contribution in [0.15, 0.2) is 65.8 Å². The monoisotopic (exact) mass is 757 g/mol. The van der Waals surface area contributed by atoms with Gasteiger partial charge in [-0.3, -0.25) is 9.78 Å². The van der Waals surface area contributed by atoms with Gasteiger partial charge in [0.15, 0.2) is 6.10 Å². The molecule has 1 unspecified atom stereocenters. The summed E-state index contributed by atoms with van der Waals surface area (Å²) in [7, 11) is 0. The van der Waals surface area contributed by atoms with Gasteiger partial charge in [0.1, 0.15) is 30.7 Å². The highest BCUT2D eigenvalue weighted by molar-refractivity contribution is 7.99. The predicted molar refractivity (Wildman–Crippen MR) is 196 cm³/mol. The lowest BCUT2D eigenvalue weighted by atomic mass is 9.94. The van der Waals surface area contributed by atoms with Gasteiger partial charge in [-0.2, -0.15) is 0 Å². The lowest BCUT2D eigenvalue weighted by molar-refractivity contribution is -0.323. The van der Waals surface area contributed by atoms with Crippen molar-refractivity contribution in [2.45, 2.75) is 98.5 Å². The van der Waals surface area contributed by atoms with Crippen LogP contribution < -0.4 is 10.1 Å². The van der Waals surface area contributed by atoms with Crippen LogP contribution in [0.5, 0.6) is 5.75 Å². The summed E-state index contributed by atoms with van der Waals surface area (Å²) in [6.07, 6.45) is 2.51. The van der Waals surface area contributed by atoms with Gasteiger partial charge in [0.05, 0.1) is 25.4 Å². The number of nitrogens with zero attached hydrogens (tertiary/aromatic N) is 2. The van der Waals surface area contributed by atoms with Gasteiger partial charge in [0.2, 0.25) is 0 Å². The van der Waals surface area contributed by atoms with Crippen molar-refractivity contribution in [1.82, 2.24) is 15.2 Å². The summed E-state index contributed by atoms with van der Waals surface area (Å²) in [6.45, 7) is 0.388. The molecule has 2 aliphatic carbocycles. The molecule has 282 valence electrons. The Kier molecular flexibility index (Phi) is 13.5. The molecule has 3 fully saturated rings. The van der Waals surface area contributed by atoms with Crippen LogP contribution in [0.25, 0.3) is 11.1 Å². The van der Waals surface area contributed by atoms with Gasteiger partial charge in [-0.1, -0.05) is 29.8 Å². The number of rotatable bonds is 19. The Morgan fingerprint density at radius 1 is 1.04 bits per heavy atom. The van der Waals surface area contributed by atoms with Gasteiger partial charge in [-0.15, -0.1) is 11.8 Å². The average Bonchev–Trinajstić information content (AvgIpc) is 4.13. The Morgan fingerprint density at radius 3 is 2.58 bits per heavy atom. The number of para-hydroxylation sites is 1. The minimum absolute atomic E-state index is 0.0955. The summed E-state index contributed by atoms with van der Waals surface area (Å²) in [5.41, 5.74) is 4.15. The van der Waals surface area contributed by atoms with Crippen molar-refractivity contribution >= 4 is 29.3 Å². The van der Waals surface area contributed by atoms with Gasteiger partial charge < -0.3 is 40.5 Å². The molecule has 6 rings (SSSR count). The van der Waals surface area contributed by atoms with Crippen molar-refractivity contribution in [2.75, 3.05) is 32.1 Å². The Hall–Kier alpha value is -2.82. The molecule has 1 aromatic heterocycles. The average molecular weight is 758 g/mol. The molecule has 52 heavy (non-hydrogen) atoms. The summed E-state index contributed by atoms with van der Waals surface area (Å²) in [5.74, 6) is 0.875. The number of halogens is 1. The quantitative estimate of drug-likeness (QED) is 0.0597. The van der Waals surface area contributed by atoms with Crippen molar-refractivity contribution in [3.05, 3.63) is 77.1 Å². The third-order valence-corrected chi connectivity index (χ3v) is 11.3.